The summed E-state index contributed by atoms with van der Waals surface area (Å²) in [6.07, 6.45) is -3.52. The molecule has 0 bridgehead atoms. The van der Waals surface area contributed by atoms with Crippen molar-refractivity contribution in [2.45, 2.75) is 33.4 Å². The summed E-state index contributed by atoms with van der Waals surface area (Å²) < 4.78 is 37.2. The Hall–Kier alpha value is -1.26. The highest BCUT2D eigenvalue weighted by Gasteiger charge is 2.32. The fourth-order valence-electron chi connectivity index (χ4n) is 1.26. The monoisotopic (exact) mass is 246 g/mol. The molecule has 0 spiro atoms. The van der Waals surface area contributed by atoms with Crippen LogP contribution in [0.2, 0.25) is 0 Å². The number of pyridine rings is 1. The second-order valence-electron chi connectivity index (χ2n) is 5.14. The van der Waals surface area contributed by atoms with Gasteiger partial charge in [-0.1, -0.05) is 26.8 Å². The van der Waals surface area contributed by atoms with Crippen LogP contribution in [0.1, 0.15) is 32.9 Å². The molecule has 0 fully saturated rings. The molecule has 0 unspecified atom stereocenters. The molecule has 0 aliphatic carbocycles. The van der Waals surface area contributed by atoms with Crippen molar-refractivity contribution in [3.8, 4) is 0 Å². The van der Waals surface area contributed by atoms with Crippen molar-refractivity contribution in [1.29, 1.82) is 0 Å². The molecule has 1 N–H and O–H groups in total. The highest BCUT2D eigenvalue weighted by atomic mass is 19.4. The third-order valence-corrected chi connectivity index (χ3v) is 2.22. The van der Waals surface area contributed by atoms with Crippen LogP contribution in [0.15, 0.2) is 18.2 Å². The number of nitrogens with zero attached hydrogens (tertiary/aromatic N) is 1. The smallest absolute Gasteiger partial charge is 0.370 e. The molecule has 1 rings (SSSR count). The van der Waals surface area contributed by atoms with E-state index in [-0.39, 0.29) is 11.2 Å². The number of rotatable bonds is 3. The molecule has 0 saturated heterocycles. The summed E-state index contributed by atoms with van der Waals surface area (Å²) in [6, 6.07) is 3.86. The van der Waals surface area contributed by atoms with Gasteiger partial charge in [-0.2, -0.15) is 13.2 Å². The fourth-order valence-corrected chi connectivity index (χ4v) is 1.26. The van der Waals surface area contributed by atoms with Crippen LogP contribution in [0.4, 0.5) is 19.0 Å². The second kappa shape index (κ2) is 4.94. The van der Waals surface area contributed by atoms with Gasteiger partial charge in [0.2, 0.25) is 0 Å². The molecule has 0 aliphatic rings. The number of hydrogen-bond donors (Lipinski definition) is 1. The average molecular weight is 246 g/mol. The summed E-state index contributed by atoms with van der Waals surface area (Å²) in [5.74, 6) is 0.268. The van der Waals surface area contributed by atoms with Crippen molar-refractivity contribution in [3.63, 3.8) is 0 Å². The predicted octanol–water partition coefficient (Wildman–Crippen LogP) is 3.95. The van der Waals surface area contributed by atoms with Crippen LogP contribution in [-0.4, -0.2) is 11.5 Å². The topological polar surface area (TPSA) is 24.9 Å². The summed E-state index contributed by atoms with van der Waals surface area (Å²) in [7, 11) is 0. The van der Waals surface area contributed by atoms with Gasteiger partial charge in [-0.05, 0) is 24.0 Å². The Morgan fingerprint density at radius 3 is 2.35 bits per heavy atom. The fraction of sp³-hybridized carbons (Fsp3) is 0.583. The average Bonchev–Trinajstić information content (AvgIpc) is 2.15. The van der Waals surface area contributed by atoms with Gasteiger partial charge >= 0.3 is 6.18 Å². The van der Waals surface area contributed by atoms with Gasteiger partial charge in [-0.15, -0.1) is 0 Å². The molecule has 1 aromatic rings. The third kappa shape index (κ3) is 5.06. The van der Waals surface area contributed by atoms with E-state index >= 15 is 0 Å². The maximum Gasteiger partial charge on any atom is 0.433 e. The molecule has 5 heteroatoms. The zero-order valence-corrected chi connectivity index (χ0v) is 10.2. The van der Waals surface area contributed by atoms with Gasteiger partial charge in [0.15, 0.2) is 0 Å². The molecule has 0 radical (unpaired) electrons. The molecule has 1 heterocycles. The highest BCUT2D eigenvalue weighted by Crippen LogP contribution is 2.28. The van der Waals surface area contributed by atoms with Gasteiger partial charge in [-0.3, -0.25) is 0 Å². The van der Waals surface area contributed by atoms with Gasteiger partial charge in [0, 0.05) is 6.54 Å². The van der Waals surface area contributed by atoms with E-state index in [4.69, 9.17) is 0 Å². The van der Waals surface area contributed by atoms with Crippen LogP contribution in [0.5, 0.6) is 0 Å². The molecule has 1 aromatic heterocycles. The zero-order chi connectivity index (χ0) is 13.1. The third-order valence-electron chi connectivity index (χ3n) is 2.22. The number of halogens is 3. The predicted molar refractivity (Wildman–Crippen MR) is 61.8 cm³/mol. The maximum absolute atomic E-state index is 12.4. The minimum atomic E-state index is -4.39. The summed E-state index contributed by atoms with van der Waals surface area (Å²) in [5, 5.41) is 2.90. The lowest BCUT2D eigenvalue weighted by Crippen LogP contribution is -2.15. The van der Waals surface area contributed by atoms with E-state index in [1.54, 1.807) is 0 Å². The first-order chi connectivity index (χ1) is 7.68. The standard InChI is InChI=1S/C12H17F3N2/c1-11(2,3)7-8-16-10-6-4-5-9(17-10)12(13,14)15/h4-6H,7-8H2,1-3H3,(H,16,17). The van der Waals surface area contributed by atoms with E-state index in [1.165, 1.54) is 12.1 Å². The first-order valence-electron chi connectivity index (χ1n) is 5.47. The van der Waals surface area contributed by atoms with Crippen LogP contribution < -0.4 is 5.32 Å². The minimum Gasteiger partial charge on any atom is -0.370 e. The Balaban J connectivity index is 2.61. The van der Waals surface area contributed by atoms with Gasteiger partial charge in [-0.25, -0.2) is 4.98 Å². The largest absolute Gasteiger partial charge is 0.433 e. The van der Waals surface area contributed by atoms with Crippen molar-refractivity contribution in [1.82, 2.24) is 4.98 Å². The normalized spacial score (nSPS) is 12.6. The van der Waals surface area contributed by atoms with E-state index in [2.05, 4.69) is 31.1 Å². The molecule has 96 valence electrons. The SMILES string of the molecule is CC(C)(C)CCNc1cccc(C(F)(F)F)n1. The molecule has 0 saturated carbocycles. The van der Waals surface area contributed by atoms with Gasteiger partial charge in [0.25, 0.3) is 0 Å². The Labute approximate surface area is 99.3 Å². The van der Waals surface area contributed by atoms with Crippen molar-refractivity contribution in [2.75, 3.05) is 11.9 Å². The molecule has 0 aliphatic heterocycles. The Bertz CT molecular complexity index is 367. The van der Waals surface area contributed by atoms with Gasteiger partial charge < -0.3 is 5.32 Å². The van der Waals surface area contributed by atoms with E-state index in [0.29, 0.717) is 6.54 Å². The number of hydrogen-bond acceptors (Lipinski definition) is 2. The van der Waals surface area contributed by atoms with Crippen molar-refractivity contribution < 1.29 is 13.2 Å². The summed E-state index contributed by atoms with van der Waals surface area (Å²) in [6.45, 7) is 6.84. The van der Waals surface area contributed by atoms with Crippen LogP contribution in [-0.2, 0) is 6.18 Å². The first-order valence-corrected chi connectivity index (χ1v) is 5.47. The summed E-state index contributed by atoms with van der Waals surface area (Å²) in [5.41, 5.74) is -0.715. The number of alkyl halides is 3. The summed E-state index contributed by atoms with van der Waals surface area (Å²) >= 11 is 0. The highest BCUT2D eigenvalue weighted by molar-refractivity contribution is 5.35. The van der Waals surface area contributed by atoms with Crippen molar-refractivity contribution >= 4 is 5.82 Å². The number of anilines is 1. The Morgan fingerprint density at radius 2 is 1.82 bits per heavy atom. The van der Waals surface area contributed by atoms with Crippen molar-refractivity contribution in [3.05, 3.63) is 23.9 Å². The van der Waals surface area contributed by atoms with Crippen LogP contribution >= 0.6 is 0 Å². The molecule has 0 amide bonds. The zero-order valence-electron chi connectivity index (χ0n) is 10.2. The molecule has 0 aromatic carbocycles. The van der Waals surface area contributed by atoms with Crippen LogP contribution in [0, 0.1) is 5.41 Å². The van der Waals surface area contributed by atoms with E-state index < -0.39 is 11.9 Å². The first kappa shape index (κ1) is 13.8. The Kier molecular flexibility index (Phi) is 4.01. The maximum atomic E-state index is 12.4. The number of nitrogens with one attached hydrogen (secondary N) is 1. The van der Waals surface area contributed by atoms with Crippen LogP contribution in [0.3, 0.4) is 0 Å². The molecule has 17 heavy (non-hydrogen) atoms. The summed E-state index contributed by atoms with van der Waals surface area (Å²) in [4.78, 5) is 3.53. The Morgan fingerprint density at radius 1 is 1.18 bits per heavy atom. The molecule has 2 nitrogen and oxygen atoms in total. The van der Waals surface area contributed by atoms with E-state index in [0.717, 1.165) is 12.5 Å². The molecule has 0 atom stereocenters. The lowest BCUT2D eigenvalue weighted by molar-refractivity contribution is -0.141. The lowest BCUT2D eigenvalue weighted by atomic mass is 9.92. The van der Waals surface area contributed by atoms with E-state index in [1.807, 2.05) is 0 Å². The van der Waals surface area contributed by atoms with Crippen molar-refractivity contribution in [2.24, 2.45) is 5.41 Å². The molecular weight excluding hydrogens is 229 g/mol. The van der Waals surface area contributed by atoms with Gasteiger partial charge in [0.05, 0.1) is 0 Å². The van der Waals surface area contributed by atoms with Gasteiger partial charge in [0.1, 0.15) is 11.5 Å². The van der Waals surface area contributed by atoms with Crippen LogP contribution in [0.25, 0.3) is 0 Å². The second-order valence-corrected chi connectivity index (χ2v) is 5.14. The van der Waals surface area contributed by atoms with E-state index in [9.17, 15) is 13.2 Å². The number of aromatic nitrogens is 1. The quantitative estimate of drug-likeness (QED) is 0.873. The lowest BCUT2D eigenvalue weighted by Gasteiger charge is -2.18. The minimum absolute atomic E-state index is 0.147. The molecular formula is C12H17F3N2.